The highest BCUT2D eigenvalue weighted by Gasteiger charge is 2.37. The third-order valence-corrected chi connectivity index (χ3v) is 6.62. The molecule has 37 heavy (non-hydrogen) atoms. The van der Waals surface area contributed by atoms with Gasteiger partial charge in [0, 0.05) is 18.7 Å². The van der Waals surface area contributed by atoms with Crippen LogP contribution in [0.4, 0.5) is 10.5 Å². The van der Waals surface area contributed by atoms with Gasteiger partial charge in [-0.3, -0.25) is 10.1 Å². The molecule has 0 unspecified atom stereocenters. The highest BCUT2D eigenvalue weighted by molar-refractivity contribution is 7.98. The summed E-state index contributed by atoms with van der Waals surface area (Å²) >= 11 is 1.34. The van der Waals surface area contributed by atoms with Gasteiger partial charge < -0.3 is 14.4 Å². The predicted octanol–water partition coefficient (Wildman–Crippen LogP) is 4.64. The fourth-order valence-corrected chi connectivity index (χ4v) is 4.78. The Balaban J connectivity index is 1.63. The maximum atomic E-state index is 12.9. The van der Waals surface area contributed by atoms with Crippen LogP contribution in [-0.2, 0) is 4.74 Å². The van der Waals surface area contributed by atoms with E-state index in [4.69, 9.17) is 9.47 Å². The van der Waals surface area contributed by atoms with Crippen LogP contribution < -0.4 is 4.74 Å². The van der Waals surface area contributed by atoms with Gasteiger partial charge in [-0.25, -0.2) is 24.2 Å². The van der Waals surface area contributed by atoms with Crippen LogP contribution in [-0.4, -0.2) is 66.1 Å². The predicted molar refractivity (Wildman–Crippen MR) is 136 cm³/mol. The number of esters is 1. The van der Waals surface area contributed by atoms with E-state index in [0.29, 0.717) is 22.6 Å². The summed E-state index contributed by atoms with van der Waals surface area (Å²) in [5.74, 6) is -0.840. The zero-order chi connectivity index (χ0) is 26.9. The number of nitro groups is 1. The lowest BCUT2D eigenvalue weighted by molar-refractivity contribution is -0.384. The first-order chi connectivity index (χ1) is 17.5. The number of nitro benzene ring substituents is 1. The van der Waals surface area contributed by atoms with Crippen molar-refractivity contribution in [3.63, 3.8) is 0 Å². The topological polar surface area (TPSA) is 143 Å². The molecule has 0 N–H and O–H groups in total. The standard InChI is InChI=1S/C24H28N6O6S/c1-14(18-7-6-12-28(18)23(32)36-24(2,3)4)29-20-17(13-25-29)21(37-5)27-19(26-20)22(31)35-16-10-8-15(9-11-16)30(33)34/h8-11,13-14,18H,6-7,12H2,1-5H3/t14-,18-/m0/s1. The lowest BCUT2D eigenvalue weighted by Gasteiger charge is -2.31. The Kier molecular flexibility index (Phi) is 7.35. The molecule has 0 spiro atoms. The molecule has 2 atom stereocenters. The van der Waals surface area contributed by atoms with Gasteiger partial charge >= 0.3 is 12.1 Å². The monoisotopic (exact) mass is 528 g/mol. The molecule has 196 valence electrons. The first-order valence-electron chi connectivity index (χ1n) is 11.7. The first kappa shape index (κ1) is 26.3. The molecule has 13 heteroatoms. The van der Waals surface area contributed by atoms with E-state index in [9.17, 15) is 19.7 Å². The van der Waals surface area contributed by atoms with E-state index in [0.717, 1.165) is 12.8 Å². The zero-order valence-electron chi connectivity index (χ0n) is 21.2. The molecule has 3 heterocycles. The molecule has 1 amide bonds. The number of non-ortho nitro benzene ring substituents is 1. The number of fused-ring (bicyclic) bond motifs is 1. The Hall–Kier alpha value is -3.74. The number of carbonyl (C=O) groups is 2. The second-order valence-electron chi connectivity index (χ2n) is 9.65. The van der Waals surface area contributed by atoms with Crippen molar-refractivity contribution >= 4 is 40.5 Å². The van der Waals surface area contributed by atoms with Gasteiger partial charge in [0.2, 0.25) is 5.82 Å². The molecular weight excluding hydrogens is 500 g/mol. The van der Waals surface area contributed by atoms with Crippen molar-refractivity contribution in [3.8, 4) is 5.75 Å². The molecule has 4 rings (SSSR count). The second kappa shape index (κ2) is 10.3. The molecular formula is C24H28N6O6S. The molecule has 1 aliphatic heterocycles. The van der Waals surface area contributed by atoms with Crippen molar-refractivity contribution in [2.45, 2.75) is 63.2 Å². The minimum absolute atomic E-state index is 0.118. The number of benzene rings is 1. The highest BCUT2D eigenvalue weighted by Crippen LogP contribution is 2.32. The van der Waals surface area contributed by atoms with E-state index >= 15 is 0 Å². The number of nitrogens with zero attached hydrogens (tertiary/aromatic N) is 6. The Morgan fingerprint density at radius 3 is 2.54 bits per heavy atom. The minimum Gasteiger partial charge on any atom is -0.444 e. The van der Waals surface area contributed by atoms with E-state index in [1.54, 1.807) is 15.8 Å². The summed E-state index contributed by atoms with van der Waals surface area (Å²) in [5, 5.41) is 16.6. The van der Waals surface area contributed by atoms with Crippen LogP contribution in [0, 0.1) is 10.1 Å². The lowest BCUT2D eigenvalue weighted by Crippen LogP contribution is -2.43. The van der Waals surface area contributed by atoms with Crippen LogP contribution in [0.3, 0.4) is 0 Å². The van der Waals surface area contributed by atoms with E-state index in [2.05, 4.69) is 15.1 Å². The molecule has 1 saturated heterocycles. The molecule has 1 aliphatic rings. The average Bonchev–Trinajstić information content (AvgIpc) is 3.50. The van der Waals surface area contributed by atoms with Crippen LogP contribution in [0.15, 0.2) is 35.5 Å². The zero-order valence-corrected chi connectivity index (χ0v) is 22.0. The van der Waals surface area contributed by atoms with Crippen molar-refractivity contribution in [2.75, 3.05) is 12.8 Å². The van der Waals surface area contributed by atoms with Gasteiger partial charge in [-0.2, -0.15) is 5.10 Å². The van der Waals surface area contributed by atoms with Gasteiger partial charge in [0.15, 0.2) is 5.65 Å². The second-order valence-corrected chi connectivity index (χ2v) is 10.4. The number of thioether (sulfide) groups is 1. The maximum Gasteiger partial charge on any atom is 0.410 e. The third kappa shape index (κ3) is 5.66. The number of amides is 1. The maximum absolute atomic E-state index is 12.9. The summed E-state index contributed by atoms with van der Waals surface area (Å²) in [6, 6.07) is 4.74. The van der Waals surface area contributed by atoms with Crippen LogP contribution in [0.5, 0.6) is 5.75 Å². The fourth-order valence-electron chi connectivity index (χ4n) is 4.24. The Bertz CT molecular complexity index is 1340. The quantitative estimate of drug-likeness (QED) is 0.111. The molecule has 12 nitrogen and oxygen atoms in total. The summed E-state index contributed by atoms with van der Waals surface area (Å²) in [7, 11) is 0. The normalized spacial score (nSPS) is 16.6. The summed E-state index contributed by atoms with van der Waals surface area (Å²) in [6.07, 6.45) is 4.72. The van der Waals surface area contributed by atoms with E-state index in [1.165, 1.54) is 36.0 Å². The molecule has 0 saturated carbocycles. The van der Waals surface area contributed by atoms with Crippen molar-refractivity contribution in [1.82, 2.24) is 24.6 Å². The Morgan fingerprint density at radius 2 is 1.92 bits per heavy atom. The van der Waals surface area contributed by atoms with Gasteiger partial charge in [-0.15, -0.1) is 11.8 Å². The van der Waals surface area contributed by atoms with Crippen LogP contribution in [0.2, 0.25) is 0 Å². The smallest absolute Gasteiger partial charge is 0.410 e. The van der Waals surface area contributed by atoms with Crippen molar-refractivity contribution in [1.29, 1.82) is 0 Å². The van der Waals surface area contributed by atoms with Crippen molar-refractivity contribution < 1.29 is 24.0 Å². The number of hydrogen-bond acceptors (Lipinski definition) is 10. The highest BCUT2D eigenvalue weighted by atomic mass is 32.2. The summed E-state index contributed by atoms with van der Waals surface area (Å²) in [6.45, 7) is 8.03. The Labute approximate surface area is 217 Å². The fraction of sp³-hybridized carbons (Fsp3) is 0.458. The third-order valence-electron chi connectivity index (χ3n) is 5.92. The number of likely N-dealkylation sites (tertiary alicyclic amines) is 1. The minimum atomic E-state index is -0.803. The number of aromatic nitrogens is 4. The molecule has 1 fully saturated rings. The lowest BCUT2D eigenvalue weighted by atomic mass is 10.1. The largest absolute Gasteiger partial charge is 0.444 e. The molecule has 0 radical (unpaired) electrons. The van der Waals surface area contributed by atoms with Gasteiger partial charge in [0.25, 0.3) is 5.69 Å². The van der Waals surface area contributed by atoms with Crippen LogP contribution in [0.1, 0.15) is 57.2 Å². The summed E-state index contributed by atoms with van der Waals surface area (Å²) in [5.41, 5.74) is -0.281. The van der Waals surface area contributed by atoms with E-state index in [1.807, 2.05) is 34.0 Å². The molecule has 3 aromatic rings. The molecule has 1 aromatic carbocycles. The van der Waals surface area contributed by atoms with Gasteiger partial charge in [-0.1, -0.05) is 0 Å². The van der Waals surface area contributed by atoms with E-state index in [-0.39, 0.29) is 35.4 Å². The number of ether oxygens (including phenoxy) is 2. The van der Waals surface area contributed by atoms with Crippen molar-refractivity contribution in [3.05, 3.63) is 46.4 Å². The van der Waals surface area contributed by atoms with Crippen LogP contribution in [0.25, 0.3) is 11.0 Å². The first-order valence-corrected chi connectivity index (χ1v) is 13.0. The summed E-state index contributed by atoms with van der Waals surface area (Å²) < 4.78 is 12.7. The van der Waals surface area contributed by atoms with Gasteiger partial charge in [-0.05, 0) is 58.9 Å². The summed E-state index contributed by atoms with van der Waals surface area (Å²) in [4.78, 5) is 46.6. The molecule has 2 aromatic heterocycles. The van der Waals surface area contributed by atoms with Gasteiger partial charge in [0.05, 0.1) is 28.6 Å². The number of rotatable bonds is 6. The van der Waals surface area contributed by atoms with Crippen molar-refractivity contribution in [2.24, 2.45) is 0 Å². The Morgan fingerprint density at radius 1 is 1.22 bits per heavy atom. The van der Waals surface area contributed by atoms with E-state index < -0.39 is 16.5 Å². The molecule has 0 bridgehead atoms. The molecule has 0 aliphatic carbocycles. The average molecular weight is 529 g/mol. The van der Waals surface area contributed by atoms with Gasteiger partial charge in [0.1, 0.15) is 16.4 Å². The van der Waals surface area contributed by atoms with Crippen LogP contribution >= 0.6 is 11.8 Å². The SMILES string of the molecule is CSc1nc(C(=O)Oc2ccc([N+](=O)[O-])cc2)nc2c1cnn2[C@@H](C)[C@@H]1CCCN1C(=O)OC(C)(C)C. The number of hydrogen-bond donors (Lipinski definition) is 0. The number of carbonyl (C=O) groups excluding carboxylic acids is 2.